The van der Waals surface area contributed by atoms with Crippen LogP contribution in [-0.2, 0) is 28.6 Å². The van der Waals surface area contributed by atoms with Crippen molar-refractivity contribution in [2.75, 3.05) is 31.4 Å². The highest BCUT2D eigenvalue weighted by Crippen LogP contribution is 2.28. The minimum absolute atomic E-state index is 0.00968. The molecule has 0 atom stereocenters. The van der Waals surface area contributed by atoms with Gasteiger partial charge in [0.15, 0.2) is 0 Å². The topological polar surface area (TPSA) is 160 Å². The van der Waals surface area contributed by atoms with Crippen LogP contribution in [0, 0.1) is 17.8 Å². The molecule has 0 aliphatic heterocycles. The maximum atomic E-state index is 11.8. The first kappa shape index (κ1) is 50.1. The number of aliphatic carboxylic acids is 2. The van der Waals surface area contributed by atoms with Crippen molar-refractivity contribution >= 4 is 40.5 Å². The standard InChI is InChI=1S/C15H28O3.C11H20O3.C7H12O3.C4H9I.CH4O/c1-3-5-11-17-14-9-7-13(8-10-14)15(16)18-12-6-4-2;1-2-3-8-14-10-6-4-9(5-7-10)11(12)13;8-6-3-1-5(2-4-6)7(9)10;1-2-3-4-5;1-2/h13-14H,3-12H2,1-2H3;9-10H,2-8H2,1H3,(H,12,13);5-6,8H,1-4H2,(H,9,10);2-4H2,1H3;2H,1H3. The molecule has 0 saturated heterocycles. The van der Waals surface area contributed by atoms with Crippen LogP contribution in [0.1, 0.15) is 156 Å². The summed E-state index contributed by atoms with van der Waals surface area (Å²) < 4.78 is 18.0. The van der Waals surface area contributed by atoms with Crippen LogP contribution in [0.2, 0.25) is 0 Å². The number of carbonyl (C=O) groups excluding carboxylic acids is 1. The van der Waals surface area contributed by atoms with Gasteiger partial charge in [-0.3, -0.25) is 14.4 Å². The third-order valence-electron chi connectivity index (χ3n) is 9.01. The molecule has 0 radical (unpaired) electrons. The fourth-order valence-corrected chi connectivity index (χ4v) is 6.38. The van der Waals surface area contributed by atoms with Gasteiger partial charge in [-0.1, -0.05) is 76.0 Å². The van der Waals surface area contributed by atoms with E-state index >= 15 is 0 Å². The molecule has 0 heterocycles. The quantitative estimate of drug-likeness (QED) is 0.0514. The number of hydrogen-bond acceptors (Lipinski definition) is 8. The average Bonchev–Trinajstić information content (AvgIpc) is 3.11. The van der Waals surface area contributed by atoms with Crippen molar-refractivity contribution in [3.63, 3.8) is 0 Å². The first-order valence-corrected chi connectivity index (χ1v) is 20.7. The number of halogens is 1. The van der Waals surface area contributed by atoms with E-state index in [9.17, 15) is 14.4 Å². The predicted molar refractivity (Wildman–Crippen MR) is 204 cm³/mol. The summed E-state index contributed by atoms with van der Waals surface area (Å²) in [5.41, 5.74) is 0. The lowest BCUT2D eigenvalue weighted by Crippen LogP contribution is -2.27. The predicted octanol–water partition coefficient (Wildman–Crippen LogP) is 8.60. The molecule has 292 valence electrons. The monoisotopic (exact) mass is 816 g/mol. The van der Waals surface area contributed by atoms with Gasteiger partial charge in [0.1, 0.15) is 0 Å². The van der Waals surface area contributed by atoms with Crippen LogP contribution in [0.25, 0.3) is 0 Å². The van der Waals surface area contributed by atoms with Gasteiger partial charge in [0, 0.05) is 20.3 Å². The minimum atomic E-state index is -0.716. The van der Waals surface area contributed by atoms with Crippen LogP contribution >= 0.6 is 22.6 Å². The molecule has 3 fully saturated rings. The smallest absolute Gasteiger partial charge is 0.308 e. The van der Waals surface area contributed by atoms with Gasteiger partial charge in [0.2, 0.25) is 0 Å². The number of unbranched alkanes of at least 4 members (excludes halogenated alkanes) is 4. The normalized spacial score (nSPS) is 24.5. The number of aliphatic hydroxyl groups excluding tert-OH is 2. The van der Waals surface area contributed by atoms with E-state index in [1.54, 1.807) is 0 Å². The van der Waals surface area contributed by atoms with Gasteiger partial charge in [-0.05, 0) is 107 Å². The largest absolute Gasteiger partial charge is 0.481 e. The summed E-state index contributed by atoms with van der Waals surface area (Å²) in [5, 5.41) is 33.4. The zero-order valence-electron chi connectivity index (χ0n) is 31.6. The number of esters is 1. The Morgan fingerprint density at radius 3 is 1.22 bits per heavy atom. The molecule has 0 aromatic heterocycles. The van der Waals surface area contributed by atoms with Crippen LogP contribution in [-0.4, -0.2) is 88.0 Å². The number of alkyl halides is 1. The van der Waals surface area contributed by atoms with Crippen molar-refractivity contribution in [1.29, 1.82) is 0 Å². The van der Waals surface area contributed by atoms with Crippen molar-refractivity contribution in [2.45, 2.75) is 174 Å². The molecule has 49 heavy (non-hydrogen) atoms. The van der Waals surface area contributed by atoms with Gasteiger partial charge < -0.3 is 34.6 Å². The van der Waals surface area contributed by atoms with Crippen molar-refractivity contribution in [3.05, 3.63) is 0 Å². The SMILES string of the molecule is CCCCI.CCCCOC(=O)C1CCC(OCCCC)CC1.CCCCOC1CCC(C(=O)O)CC1.CO.O=C(O)C1CCC(O)CC1. The molecular formula is C38H73IO10. The summed E-state index contributed by atoms with van der Waals surface area (Å²) in [4.78, 5) is 32.8. The third kappa shape index (κ3) is 28.3. The zero-order valence-corrected chi connectivity index (χ0v) is 33.7. The third-order valence-corrected chi connectivity index (χ3v) is 9.77. The Morgan fingerprint density at radius 2 is 0.898 bits per heavy atom. The number of rotatable bonds is 16. The van der Waals surface area contributed by atoms with Crippen molar-refractivity contribution in [1.82, 2.24) is 0 Å². The van der Waals surface area contributed by atoms with E-state index < -0.39 is 11.9 Å². The van der Waals surface area contributed by atoms with Crippen LogP contribution in [0.15, 0.2) is 0 Å². The highest BCUT2D eigenvalue weighted by molar-refractivity contribution is 14.1. The highest BCUT2D eigenvalue weighted by atomic mass is 127. The summed E-state index contributed by atoms with van der Waals surface area (Å²) in [6, 6.07) is 0. The lowest BCUT2D eigenvalue weighted by molar-refractivity contribution is -0.151. The van der Waals surface area contributed by atoms with E-state index in [0.717, 1.165) is 104 Å². The molecule has 3 aliphatic carbocycles. The van der Waals surface area contributed by atoms with E-state index in [0.29, 0.717) is 44.5 Å². The second-order valence-corrected chi connectivity index (χ2v) is 14.2. The van der Waals surface area contributed by atoms with Gasteiger partial charge in [-0.25, -0.2) is 0 Å². The van der Waals surface area contributed by atoms with Gasteiger partial charge in [0.05, 0.1) is 42.7 Å². The van der Waals surface area contributed by atoms with Gasteiger partial charge >= 0.3 is 17.9 Å². The van der Waals surface area contributed by atoms with Gasteiger partial charge in [0.25, 0.3) is 0 Å². The van der Waals surface area contributed by atoms with Crippen LogP contribution in [0.3, 0.4) is 0 Å². The maximum Gasteiger partial charge on any atom is 0.308 e. The van der Waals surface area contributed by atoms with Crippen molar-refractivity contribution in [3.8, 4) is 0 Å². The first-order valence-electron chi connectivity index (χ1n) is 19.2. The molecule has 3 rings (SSSR count). The fraction of sp³-hybridized carbons (Fsp3) is 0.921. The fourth-order valence-electron chi connectivity index (χ4n) is 5.62. The average molecular weight is 817 g/mol. The van der Waals surface area contributed by atoms with E-state index in [4.69, 9.17) is 34.6 Å². The molecule has 11 heteroatoms. The molecule has 10 nitrogen and oxygen atoms in total. The Labute approximate surface area is 312 Å². The Morgan fingerprint density at radius 1 is 0.551 bits per heavy atom. The summed E-state index contributed by atoms with van der Waals surface area (Å²) >= 11 is 2.39. The molecule has 4 N–H and O–H groups in total. The minimum Gasteiger partial charge on any atom is -0.481 e. The summed E-state index contributed by atoms with van der Waals surface area (Å²) in [6.07, 6.45) is 19.6. The Kier molecular flexibility index (Phi) is 36.2. The van der Waals surface area contributed by atoms with E-state index in [1.165, 1.54) is 23.7 Å². The zero-order chi connectivity index (χ0) is 37.3. The Balaban J connectivity index is 0. The van der Waals surface area contributed by atoms with E-state index in [-0.39, 0.29) is 29.8 Å². The second kappa shape index (κ2) is 35.4. The number of carbonyl (C=O) groups is 3. The van der Waals surface area contributed by atoms with Crippen LogP contribution < -0.4 is 0 Å². The molecule has 0 aromatic rings. The van der Waals surface area contributed by atoms with Crippen LogP contribution in [0.5, 0.6) is 0 Å². The second-order valence-electron chi connectivity index (χ2n) is 13.1. The number of carboxylic acids is 2. The lowest BCUT2D eigenvalue weighted by atomic mass is 9.87. The molecule has 3 aliphatic rings. The molecule has 0 unspecified atom stereocenters. The van der Waals surface area contributed by atoms with Crippen molar-refractivity contribution < 1.29 is 49.0 Å². The summed E-state index contributed by atoms with van der Waals surface area (Å²) in [5.74, 6) is -1.56. The Hall–Kier alpha value is -1.02. The molecule has 3 saturated carbocycles. The van der Waals surface area contributed by atoms with E-state index in [1.807, 2.05) is 0 Å². The lowest BCUT2D eigenvalue weighted by Gasteiger charge is -2.27. The number of ether oxygens (including phenoxy) is 3. The number of carboxylic acid groups (broad SMARTS) is 2. The number of hydrogen-bond donors (Lipinski definition) is 4. The molecule has 0 amide bonds. The highest BCUT2D eigenvalue weighted by Gasteiger charge is 2.28. The Bertz CT molecular complexity index is 758. The van der Waals surface area contributed by atoms with E-state index in [2.05, 4.69) is 50.3 Å². The molecule has 0 spiro atoms. The van der Waals surface area contributed by atoms with Gasteiger partial charge in [-0.15, -0.1) is 0 Å². The first-order chi connectivity index (χ1) is 23.6. The summed E-state index contributed by atoms with van der Waals surface area (Å²) in [6.45, 7) is 10.9. The van der Waals surface area contributed by atoms with Gasteiger partial charge in [-0.2, -0.15) is 0 Å². The molecule has 0 bridgehead atoms. The number of aliphatic hydroxyl groups is 2. The maximum absolute atomic E-state index is 11.8. The van der Waals surface area contributed by atoms with Crippen LogP contribution in [0.4, 0.5) is 0 Å². The molecule has 0 aromatic carbocycles. The van der Waals surface area contributed by atoms with Crippen molar-refractivity contribution in [2.24, 2.45) is 17.8 Å². The summed E-state index contributed by atoms with van der Waals surface area (Å²) in [7, 11) is 1.00. The molecular weight excluding hydrogens is 743 g/mol.